The third-order valence-corrected chi connectivity index (χ3v) is 3.19. The number of amides is 1. The van der Waals surface area contributed by atoms with Crippen molar-refractivity contribution in [3.8, 4) is 0 Å². The van der Waals surface area contributed by atoms with Crippen molar-refractivity contribution in [3.63, 3.8) is 0 Å². The summed E-state index contributed by atoms with van der Waals surface area (Å²) < 4.78 is 0. The summed E-state index contributed by atoms with van der Waals surface area (Å²) in [6.45, 7) is 3.59. The van der Waals surface area contributed by atoms with Gasteiger partial charge in [-0.2, -0.15) is 0 Å². The minimum atomic E-state index is -0.497. The molecule has 0 aliphatic carbocycles. The Hall–Kier alpha value is -1.34. The molecule has 0 rings (SSSR count). The normalized spacial score (nSPS) is 13.8. The Morgan fingerprint density at radius 2 is 1.86 bits per heavy atom. The van der Waals surface area contributed by atoms with E-state index in [0.29, 0.717) is 19.4 Å². The molecule has 0 aliphatic rings. The molecule has 0 aromatic carbocycles. The number of nitrogens with one attached hydrogen (secondary N) is 1. The van der Waals surface area contributed by atoms with Gasteiger partial charge in [0.2, 0.25) is 5.91 Å². The van der Waals surface area contributed by atoms with Gasteiger partial charge in [0.15, 0.2) is 5.96 Å². The highest BCUT2D eigenvalue weighted by molar-refractivity contribution is 5.81. The number of hydrogen-bond acceptors (Lipinski definition) is 4. The maximum atomic E-state index is 11.9. The van der Waals surface area contributed by atoms with E-state index in [9.17, 15) is 4.79 Å². The van der Waals surface area contributed by atoms with Gasteiger partial charge < -0.3 is 27.4 Å². The monoisotopic (exact) mass is 300 g/mol. The number of hydrogen-bond donors (Lipinski definition) is 4. The molecular formula is C14H32N6O. The number of carbonyl (C=O) groups is 1. The maximum absolute atomic E-state index is 11.9. The van der Waals surface area contributed by atoms with Gasteiger partial charge in [0.1, 0.15) is 0 Å². The van der Waals surface area contributed by atoms with Gasteiger partial charge in [-0.3, -0.25) is 9.79 Å². The molecule has 0 spiro atoms. The molecule has 7 heteroatoms. The molecule has 1 amide bonds. The number of rotatable bonds is 11. The van der Waals surface area contributed by atoms with Crippen LogP contribution in [0.5, 0.6) is 0 Å². The fraction of sp³-hybridized carbons (Fsp3) is 0.857. The lowest BCUT2D eigenvalue weighted by molar-refractivity contribution is -0.123. The zero-order valence-electron chi connectivity index (χ0n) is 13.6. The number of carbonyl (C=O) groups excluding carboxylic acids is 1. The first-order chi connectivity index (χ1) is 9.82. The summed E-state index contributed by atoms with van der Waals surface area (Å²) in [6, 6.07) is -0.341. The molecule has 0 radical (unpaired) electrons. The lowest BCUT2D eigenvalue weighted by atomic mass is 10.1. The first-order valence-corrected chi connectivity index (χ1v) is 7.59. The number of unbranched alkanes of at least 4 members (excludes halogenated alkanes) is 1. The van der Waals surface area contributed by atoms with E-state index in [4.69, 9.17) is 17.2 Å². The van der Waals surface area contributed by atoms with Crippen LogP contribution in [0.25, 0.3) is 0 Å². The molecule has 0 saturated heterocycles. The van der Waals surface area contributed by atoms with Crippen molar-refractivity contribution in [2.75, 3.05) is 27.2 Å². The largest absolute Gasteiger partial charge is 0.370 e. The van der Waals surface area contributed by atoms with E-state index in [1.165, 1.54) is 0 Å². The summed E-state index contributed by atoms with van der Waals surface area (Å²) in [6.07, 6.45) is 4.48. The zero-order chi connectivity index (χ0) is 16.3. The standard InChI is InChI=1S/C14H32N6O/c1-11(7-4-5-10-20(2)3)19-13(21)12(15)8-6-9-18-14(16)17/h11-12H,4-10,15H2,1-3H3,(H,19,21)(H4,16,17,18)/t11-,12+/m1/s1. The molecule has 2 atom stereocenters. The fourth-order valence-corrected chi connectivity index (χ4v) is 1.95. The van der Waals surface area contributed by atoms with E-state index in [1.807, 2.05) is 6.92 Å². The van der Waals surface area contributed by atoms with Gasteiger partial charge in [0.05, 0.1) is 6.04 Å². The Morgan fingerprint density at radius 3 is 2.43 bits per heavy atom. The average Bonchev–Trinajstić information content (AvgIpc) is 2.39. The summed E-state index contributed by atoms with van der Waals surface area (Å²) in [5, 5.41) is 2.95. The average molecular weight is 300 g/mol. The first kappa shape index (κ1) is 19.7. The van der Waals surface area contributed by atoms with Crippen LogP contribution in [0.4, 0.5) is 0 Å². The van der Waals surface area contributed by atoms with Crippen molar-refractivity contribution in [1.82, 2.24) is 10.2 Å². The SMILES string of the molecule is C[C@H](CCCCN(C)C)NC(=O)[C@@H](N)CCCN=C(N)N. The lowest BCUT2D eigenvalue weighted by Crippen LogP contribution is -2.44. The van der Waals surface area contributed by atoms with E-state index >= 15 is 0 Å². The summed E-state index contributed by atoms with van der Waals surface area (Å²) in [4.78, 5) is 17.9. The minimum absolute atomic E-state index is 0.0689. The van der Waals surface area contributed by atoms with Crippen LogP contribution in [0.2, 0.25) is 0 Å². The highest BCUT2D eigenvalue weighted by Crippen LogP contribution is 2.02. The molecule has 0 saturated carbocycles. The molecule has 7 N–H and O–H groups in total. The van der Waals surface area contributed by atoms with Crippen LogP contribution in [-0.2, 0) is 4.79 Å². The van der Waals surface area contributed by atoms with Crippen LogP contribution in [0.1, 0.15) is 39.0 Å². The summed E-state index contributed by atoms with van der Waals surface area (Å²) >= 11 is 0. The Morgan fingerprint density at radius 1 is 1.19 bits per heavy atom. The summed E-state index contributed by atoms with van der Waals surface area (Å²) in [7, 11) is 4.12. The molecule has 124 valence electrons. The van der Waals surface area contributed by atoms with E-state index in [2.05, 4.69) is 29.3 Å². The summed E-state index contributed by atoms with van der Waals surface area (Å²) in [5.74, 6) is -0.0285. The molecule has 0 heterocycles. The molecule has 0 aromatic heterocycles. The number of guanidine groups is 1. The number of aliphatic imine (C=N–C) groups is 1. The van der Waals surface area contributed by atoms with Crippen molar-refractivity contribution in [1.29, 1.82) is 0 Å². The van der Waals surface area contributed by atoms with E-state index < -0.39 is 6.04 Å². The van der Waals surface area contributed by atoms with Gasteiger partial charge in [-0.25, -0.2) is 0 Å². The first-order valence-electron chi connectivity index (χ1n) is 7.59. The smallest absolute Gasteiger partial charge is 0.237 e. The second kappa shape index (κ2) is 11.3. The molecule has 0 aromatic rings. The Labute approximate surface area is 128 Å². The summed E-state index contributed by atoms with van der Waals surface area (Å²) in [5.41, 5.74) is 16.3. The Kier molecular flexibility index (Phi) is 10.6. The molecule has 21 heavy (non-hydrogen) atoms. The quantitative estimate of drug-likeness (QED) is 0.235. The van der Waals surface area contributed by atoms with Crippen LogP contribution in [0.3, 0.4) is 0 Å². The van der Waals surface area contributed by atoms with Crippen LogP contribution >= 0.6 is 0 Å². The highest BCUT2D eigenvalue weighted by Gasteiger charge is 2.15. The zero-order valence-corrected chi connectivity index (χ0v) is 13.6. The maximum Gasteiger partial charge on any atom is 0.237 e. The van der Waals surface area contributed by atoms with Crippen molar-refractivity contribution in [2.24, 2.45) is 22.2 Å². The van der Waals surface area contributed by atoms with Crippen LogP contribution in [-0.4, -0.2) is 56.0 Å². The van der Waals surface area contributed by atoms with Crippen molar-refractivity contribution in [3.05, 3.63) is 0 Å². The van der Waals surface area contributed by atoms with Gasteiger partial charge in [-0.15, -0.1) is 0 Å². The van der Waals surface area contributed by atoms with Gasteiger partial charge in [-0.05, 0) is 53.2 Å². The van der Waals surface area contributed by atoms with Gasteiger partial charge in [0, 0.05) is 12.6 Å². The predicted molar refractivity (Wildman–Crippen MR) is 87.9 cm³/mol. The van der Waals surface area contributed by atoms with Crippen molar-refractivity contribution >= 4 is 11.9 Å². The topological polar surface area (TPSA) is 123 Å². The van der Waals surface area contributed by atoms with E-state index in [0.717, 1.165) is 25.8 Å². The van der Waals surface area contributed by atoms with Crippen LogP contribution in [0, 0.1) is 0 Å². The highest BCUT2D eigenvalue weighted by atomic mass is 16.2. The Bertz CT molecular complexity index is 315. The molecule has 0 aliphatic heterocycles. The van der Waals surface area contributed by atoms with Gasteiger partial charge >= 0.3 is 0 Å². The predicted octanol–water partition coefficient (Wildman–Crippen LogP) is -0.396. The van der Waals surface area contributed by atoms with Gasteiger partial charge in [-0.1, -0.05) is 6.42 Å². The lowest BCUT2D eigenvalue weighted by Gasteiger charge is -2.18. The third-order valence-electron chi connectivity index (χ3n) is 3.19. The van der Waals surface area contributed by atoms with E-state index in [-0.39, 0.29) is 17.9 Å². The molecule has 0 bridgehead atoms. The third kappa shape index (κ3) is 12.1. The van der Waals surface area contributed by atoms with Crippen LogP contribution < -0.4 is 22.5 Å². The number of nitrogens with two attached hydrogens (primary N) is 3. The molecular weight excluding hydrogens is 268 g/mol. The molecule has 0 fully saturated rings. The molecule has 7 nitrogen and oxygen atoms in total. The molecule has 0 unspecified atom stereocenters. The second-order valence-electron chi connectivity index (χ2n) is 5.76. The van der Waals surface area contributed by atoms with E-state index in [1.54, 1.807) is 0 Å². The number of nitrogens with zero attached hydrogens (tertiary/aromatic N) is 2. The second-order valence-corrected chi connectivity index (χ2v) is 5.76. The van der Waals surface area contributed by atoms with Crippen LogP contribution in [0.15, 0.2) is 4.99 Å². The Balaban J connectivity index is 3.76. The van der Waals surface area contributed by atoms with Crippen molar-refractivity contribution < 1.29 is 4.79 Å². The minimum Gasteiger partial charge on any atom is -0.370 e. The van der Waals surface area contributed by atoms with Crippen molar-refractivity contribution in [2.45, 2.75) is 51.1 Å². The fourth-order valence-electron chi connectivity index (χ4n) is 1.95. The van der Waals surface area contributed by atoms with Gasteiger partial charge in [0.25, 0.3) is 0 Å².